The number of rotatable bonds is 20. The van der Waals surface area contributed by atoms with Gasteiger partial charge in [-0.05, 0) is 25.2 Å². The van der Waals surface area contributed by atoms with Gasteiger partial charge in [-0.1, -0.05) is 103 Å². The normalized spacial score (nSPS) is 19.9. The van der Waals surface area contributed by atoms with Crippen molar-refractivity contribution in [1.29, 1.82) is 0 Å². The molecule has 0 saturated heterocycles. The van der Waals surface area contributed by atoms with Crippen molar-refractivity contribution < 1.29 is 14.7 Å². The molecule has 0 aromatic carbocycles. The Balaban J connectivity index is 1.90. The van der Waals surface area contributed by atoms with Gasteiger partial charge in [0.15, 0.2) is 0 Å². The second-order valence-corrected chi connectivity index (χ2v) is 9.30. The summed E-state index contributed by atoms with van der Waals surface area (Å²) in [6, 6.07) is -0.756. The molecule has 0 heterocycles. The summed E-state index contributed by atoms with van der Waals surface area (Å²) in [6.45, 7) is 2.27. The van der Waals surface area contributed by atoms with Crippen LogP contribution in [0.15, 0.2) is 0 Å². The first-order valence-corrected chi connectivity index (χ1v) is 12.6. The summed E-state index contributed by atoms with van der Waals surface area (Å²) in [5.41, 5.74) is 5.53. The van der Waals surface area contributed by atoms with Crippen molar-refractivity contribution in [3.63, 3.8) is 0 Å². The summed E-state index contributed by atoms with van der Waals surface area (Å²) in [5, 5.41) is 8.80. The van der Waals surface area contributed by atoms with Crippen molar-refractivity contribution in [2.24, 2.45) is 17.6 Å². The fourth-order valence-electron chi connectivity index (χ4n) is 4.63. The van der Waals surface area contributed by atoms with Gasteiger partial charge in [0.2, 0.25) is 0 Å². The van der Waals surface area contributed by atoms with Gasteiger partial charge in [0.1, 0.15) is 11.8 Å². The lowest BCUT2D eigenvalue weighted by molar-refractivity contribution is -0.139. The maximum atomic E-state index is 11.9. The van der Waals surface area contributed by atoms with Crippen molar-refractivity contribution in [3.05, 3.63) is 0 Å². The number of carbonyl (C=O) groups is 2. The number of carbonyl (C=O) groups excluding carboxylic acids is 1. The predicted octanol–water partition coefficient (Wildman–Crippen LogP) is 6.65. The van der Waals surface area contributed by atoms with E-state index < -0.39 is 12.0 Å². The summed E-state index contributed by atoms with van der Waals surface area (Å²) >= 11 is 0. The van der Waals surface area contributed by atoms with E-state index in [-0.39, 0.29) is 5.92 Å². The third kappa shape index (κ3) is 12.4. The van der Waals surface area contributed by atoms with Crippen LogP contribution in [0, 0.1) is 11.8 Å². The largest absolute Gasteiger partial charge is 0.480 e. The van der Waals surface area contributed by atoms with Crippen molar-refractivity contribution in [2.45, 2.75) is 135 Å². The number of hydrogen-bond acceptors (Lipinski definition) is 3. The number of aliphatic carboxylic acids is 1. The van der Waals surface area contributed by atoms with Crippen LogP contribution in [0.25, 0.3) is 0 Å². The summed E-state index contributed by atoms with van der Waals surface area (Å²) < 4.78 is 0. The molecule has 29 heavy (non-hydrogen) atoms. The number of unbranched alkanes of at least 4 members (excludes halogenated alkanes) is 13. The Morgan fingerprint density at radius 3 is 1.83 bits per heavy atom. The maximum Gasteiger partial charge on any atom is 0.320 e. The molecule has 0 aromatic heterocycles. The molecule has 4 heteroatoms. The van der Waals surface area contributed by atoms with Gasteiger partial charge in [-0.2, -0.15) is 0 Å². The number of Topliss-reactive ketones (excluding diaryl/α,β-unsaturated/α-hetero) is 1. The fraction of sp³-hybridized carbons (Fsp3) is 0.920. The standard InChI is InChI=1S/C25H47NO3/c1-2-3-4-5-6-7-8-9-10-11-12-13-14-17-21-20-24(27)22(21)18-15-16-19-23(26)25(28)29/h21-23H,2-20,26H2,1H3,(H,28,29). The van der Waals surface area contributed by atoms with Crippen molar-refractivity contribution in [1.82, 2.24) is 0 Å². The van der Waals surface area contributed by atoms with Crippen LogP contribution in [-0.2, 0) is 9.59 Å². The van der Waals surface area contributed by atoms with Crippen LogP contribution < -0.4 is 5.73 Å². The average molecular weight is 410 g/mol. The average Bonchev–Trinajstić information content (AvgIpc) is 2.69. The molecule has 0 spiro atoms. The number of nitrogens with two attached hydrogens (primary N) is 1. The Morgan fingerprint density at radius 2 is 1.34 bits per heavy atom. The molecule has 0 aliphatic heterocycles. The van der Waals surface area contributed by atoms with E-state index in [9.17, 15) is 9.59 Å². The lowest BCUT2D eigenvalue weighted by Crippen LogP contribution is -2.37. The topological polar surface area (TPSA) is 80.4 Å². The monoisotopic (exact) mass is 409 g/mol. The van der Waals surface area contributed by atoms with Crippen LogP contribution in [0.3, 0.4) is 0 Å². The summed E-state index contributed by atoms with van der Waals surface area (Å²) in [6.07, 6.45) is 23.0. The van der Waals surface area contributed by atoms with Crippen molar-refractivity contribution >= 4 is 11.8 Å². The lowest BCUT2D eigenvalue weighted by atomic mass is 9.68. The Labute approximate surface area is 179 Å². The highest BCUT2D eigenvalue weighted by molar-refractivity contribution is 5.87. The van der Waals surface area contributed by atoms with Gasteiger partial charge >= 0.3 is 5.97 Å². The zero-order valence-electron chi connectivity index (χ0n) is 19.0. The predicted molar refractivity (Wildman–Crippen MR) is 121 cm³/mol. The van der Waals surface area contributed by atoms with Gasteiger partial charge in [-0.15, -0.1) is 0 Å². The van der Waals surface area contributed by atoms with Crippen LogP contribution >= 0.6 is 0 Å². The number of hydrogen-bond donors (Lipinski definition) is 2. The zero-order valence-corrected chi connectivity index (χ0v) is 19.0. The summed E-state index contributed by atoms with van der Waals surface area (Å²) in [4.78, 5) is 22.6. The Kier molecular flexibility index (Phi) is 15.2. The summed E-state index contributed by atoms with van der Waals surface area (Å²) in [5.74, 6) is 0.328. The highest BCUT2D eigenvalue weighted by atomic mass is 16.4. The maximum absolute atomic E-state index is 11.9. The van der Waals surface area contributed by atoms with Crippen LogP contribution in [0.2, 0.25) is 0 Å². The van der Waals surface area contributed by atoms with Crippen LogP contribution in [-0.4, -0.2) is 22.9 Å². The van der Waals surface area contributed by atoms with Gasteiger partial charge in [0, 0.05) is 12.3 Å². The van der Waals surface area contributed by atoms with Gasteiger partial charge in [-0.3, -0.25) is 9.59 Å². The number of carboxylic acid groups (broad SMARTS) is 1. The smallest absolute Gasteiger partial charge is 0.320 e. The summed E-state index contributed by atoms with van der Waals surface area (Å²) in [7, 11) is 0. The van der Waals surface area contributed by atoms with Gasteiger partial charge in [0.25, 0.3) is 0 Å². The Bertz CT molecular complexity index is 438. The SMILES string of the molecule is CCCCCCCCCCCCCCCC1CC(=O)C1CCCCC(N)C(=O)O. The fourth-order valence-corrected chi connectivity index (χ4v) is 4.63. The molecular weight excluding hydrogens is 362 g/mol. The molecule has 3 atom stereocenters. The second kappa shape index (κ2) is 16.8. The third-order valence-corrected chi connectivity index (χ3v) is 6.72. The van der Waals surface area contributed by atoms with E-state index in [0.717, 1.165) is 25.7 Å². The van der Waals surface area contributed by atoms with E-state index in [1.54, 1.807) is 0 Å². The van der Waals surface area contributed by atoms with E-state index in [1.807, 2.05) is 0 Å². The van der Waals surface area contributed by atoms with E-state index in [0.29, 0.717) is 18.1 Å². The first-order valence-electron chi connectivity index (χ1n) is 12.6. The van der Waals surface area contributed by atoms with E-state index in [4.69, 9.17) is 10.8 Å². The molecule has 3 N–H and O–H groups in total. The number of ketones is 1. The molecule has 3 unspecified atom stereocenters. The van der Waals surface area contributed by atoms with Crippen molar-refractivity contribution in [3.8, 4) is 0 Å². The molecule has 1 saturated carbocycles. The van der Waals surface area contributed by atoms with Gasteiger partial charge in [0.05, 0.1) is 0 Å². The molecule has 0 amide bonds. The first kappa shape index (κ1) is 26.1. The minimum absolute atomic E-state index is 0.244. The minimum Gasteiger partial charge on any atom is -0.480 e. The first-order chi connectivity index (χ1) is 14.1. The zero-order chi connectivity index (χ0) is 21.3. The molecule has 1 aliphatic carbocycles. The highest BCUT2D eigenvalue weighted by Gasteiger charge is 2.37. The lowest BCUT2D eigenvalue weighted by Gasteiger charge is -2.35. The van der Waals surface area contributed by atoms with Gasteiger partial charge in [-0.25, -0.2) is 0 Å². The molecule has 0 bridgehead atoms. The van der Waals surface area contributed by atoms with Crippen LogP contribution in [0.4, 0.5) is 0 Å². The quantitative estimate of drug-likeness (QED) is 0.221. The minimum atomic E-state index is -0.926. The Hall–Kier alpha value is -0.900. The molecule has 1 fully saturated rings. The van der Waals surface area contributed by atoms with Gasteiger partial charge < -0.3 is 10.8 Å². The molecular formula is C25H47NO3. The van der Waals surface area contributed by atoms with E-state index >= 15 is 0 Å². The second-order valence-electron chi connectivity index (χ2n) is 9.30. The molecule has 170 valence electrons. The molecule has 0 radical (unpaired) electrons. The number of carboxylic acids is 1. The third-order valence-electron chi connectivity index (χ3n) is 6.72. The molecule has 4 nitrogen and oxygen atoms in total. The Morgan fingerprint density at radius 1 is 0.862 bits per heavy atom. The highest BCUT2D eigenvalue weighted by Crippen LogP contribution is 2.38. The van der Waals surface area contributed by atoms with Crippen LogP contribution in [0.1, 0.15) is 129 Å². The van der Waals surface area contributed by atoms with Crippen molar-refractivity contribution in [2.75, 3.05) is 0 Å². The van der Waals surface area contributed by atoms with Crippen LogP contribution in [0.5, 0.6) is 0 Å². The molecule has 1 aliphatic rings. The van der Waals surface area contributed by atoms with E-state index in [2.05, 4.69) is 6.92 Å². The van der Waals surface area contributed by atoms with E-state index in [1.165, 1.54) is 89.9 Å². The molecule has 1 rings (SSSR count). The molecule has 0 aromatic rings.